The summed E-state index contributed by atoms with van der Waals surface area (Å²) in [5.74, 6) is 0. The van der Waals surface area contributed by atoms with Crippen LogP contribution in [0.15, 0.2) is 29.3 Å². The molecule has 0 unspecified atom stereocenters. The average Bonchev–Trinajstić information content (AvgIpc) is 2.80. The molecule has 0 saturated carbocycles. The zero-order valence-electron chi connectivity index (χ0n) is 12.4. The first-order valence-electron chi connectivity index (χ1n) is 6.65. The summed E-state index contributed by atoms with van der Waals surface area (Å²) in [7, 11) is -1.79. The number of benzene rings is 1. The summed E-state index contributed by atoms with van der Waals surface area (Å²) in [5.41, 5.74) is 8.65. The molecule has 0 fully saturated rings. The van der Waals surface area contributed by atoms with E-state index in [4.69, 9.17) is 5.73 Å². The summed E-state index contributed by atoms with van der Waals surface area (Å²) >= 11 is 0. The van der Waals surface area contributed by atoms with Crippen molar-refractivity contribution >= 4 is 15.7 Å². The van der Waals surface area contributed by atoms with Crippen LogP contribution in [-0.2, 0) is 23.5 Å². The standard InChI is InChI=1S/C14H20N4O2S/c1-10-4-5-13(15)14(11(10)2)21(19,20)17-9-7-12-6-8-16-18(12)3/h4-6,8,17H,7,9,15H2,1-3H3. The molecule has 0 saturated heterocycles. The van der Waals surface area contributed by atoms with Crippen LogP contribution in [0.3, 0.4) is 0 Å². The van der Waals surface area contributed by atoms with Crippen molar-refractivity contribution in [3.05, 3.63) is 41.2 Å². The second kappa shape index (κ2) is 5.87. The van der Waals surface area contributed by atoms with E-state index in [0.717, 1.165) is 11.3 Å². The summed E-state index contributed by atoms with van der Waals surface area (Å²) in [6, 6.07) is 5.30. The fourth-order valence-electron chi connectivity index (χ4n) is 2.20. The lowest BCUT2D eigenvalue weighted by Crippen LogP contribution is -2.28. The average molecular weight is 308 g/mol. The van der Waals surface area contributed by atoms with Gasteiger partial charge in [-0.1, -0.05) is 6.07 Å². The van der Waals surface area contributed by atoms with Crippen LogP contribution >= 0.6 is 0 Å². The lowest BCUT2D eigenvalue weighted by atomic mass is 10.1. The lowest BCUT2D eigenvalue weighted by molar-refractivity contribution is 0.579. The molecule has 0 aliphatic carbocycles. The van der Waals surface area contributed by atoms with Crippen LogP contribution in [0.25, 0.3) is 0 Å². The third-order valence-electron chi connectivity index (χ3n) is 3.57. The molecule has 0 aliphatic rings. The number of rotatable bonds is 5. The predicted molar refractivity (Wildman–Crippen MR) is 82.4 cm³/mol. The summed E-state index contributed by atoms with van der Waals surface area (Å²) in [6.07, 6.45) is 2.26. The van der Waals surface area contributed by atoms with E-state index in [0.29, 0.717) is 18.5 Å². The van der Waals surface area contributed by atoms with Crippen LogP contribution < -0.4 is 10.5 Å². The van der Waals surface area contributed by atoms with Gasteiger partial charge in [-0.25, -0.2) is 13.1 Å². The van der Waals surface area contributed by atoms with E-state index in [-0.39, 0.29) is 10.6 Å². The van der Waals surface area contributed by atoms with Crippen molar-refractivity contribution in [1.82, 2.24) is 14.5 Å². The number of sulfonamides is 1. The number of nitrogens with two attached hydrogens (primary N) is 1. The minimum absolute atomic E-state index is 0.174. The molecule has 0 bridgehead atoms. The molecule has 0 aliphatic heterocycles. The molecule has 1 heterocycles. The van der Waals surface area contributed by atoms with Gasteiger partial charge in [0.2, 0.25) is 10.0 Å². The molecule has 1 aromatic heterocycles. The molecule has 114 valence electrons. The van der Waals surface area contributed by atoms with Crippen molar-refractivity contribution < 1.29 is 8.42 Å². The van der Waals surface area contributed by atoms with Crippen LogP contribution in [0, 0.1) is 13.8 Å². The Balaban J connectivity index is 2.16. The van der Waals surface area contributed by atoms with Crippen LogP contribution in [-0.4, -0.2) is 24.7 Å². The normalized spacial score (nSPS) is 11.8. The fraction of sp³-hybridized carbons (Fsp3) is 0.357. The highest BCUT2D eigenvalue weighted by Gasteiger charge is 2.20. The maximum Gasteiger partial charge on any atom is 0.242 e. The fourth-order valence-corrected chi connectivity index (χ4v) is 3.66. The van der Waals surface area contributed by atoms with Crippen LogP contribution in [0.4, 0.5) is 5.69 Å². The van der Waals surface area contributed by atoms with Gasteiger partial charge in [-0.2, -0.15) is 5.10 Å². The minimum atomic E-state index is -3.61. The largest absolute Gasteiger partial charge is 0.398 e. The first kappa shape index (κ1) is 15.5. The number of nitrogens with one attached hydrogen (secondary N) is 1. The van der Waals surface area contributed by atoms with Gasteiger partial charge in [-0.15, -0.1) is 0 Å². The number of aromatic nitrogens is 2. The topological polar surface area (TPSA) is 90.0 Å². The van der Waals surface area contributed by atoms with E-state index >= 15 is 0 Å². The molecule has 0 spiro atoms. The lowest BCUT2D eigenvalue weighted by Gasteiger charge is -2.13. The van der Waals surface area contributed by atoms with Crippen molar-refractivity contribution in [2.24, 2.45) is 7.05 Å². The monoisotopic (exact) mass is 308 g/mol. The van der Waals surface area contributed by atoms with E-state index < -0.39 is 10.0 Å². The third-order valence-corrected chi connectivity index (χ3v) is 5.24. The Morgan fingerprint density at radius 2 is 2.00 bits per heavy atom. The van der Waals surface area contributed by atoms with Gasteiger partial charge in [-0.3, -0.25) is 4.68 Å². The molecule has 3 N–H and O–H groups in total. The van der Waals surface area contributed by atoms with Crippen molar-refractivity contribution in [2.75, 3.05) is 12.3 Å². The van der Waals surface area contributed by atoms with Crippen molar-refractivity contribution in [3.8, 4) is 0 Å². The van der Waals surface area contributed by atoms with Crippen molar-refractivity contribution in [2.45, 2.75) is 25.2 Å². The molecule has 1 aromatic carbocycles. The number of nitrogens with zero attached hydrogens (tertiary/aromatic N) is 2. The number of anilines is 1. The van der Waals surface area contributed by atoms with Gasteiger partial charge in [0.1, 0.15) is 4.90 Å². The zero-order chi connectivity index (χ0) is 15.6. The van der Waals surface area contributed by atoms with E-state index in [1.165, 1.54) is 0 Å². The van der Waals surface area contributed by atoms with Gasteiger partial charge in [0.25, 0.3) is 0 Å². The molecule has 0 radical (unpaired) electrons. The molecule has 6 nitrogen and oxygen atoms in total. The van der Waals surface area contributed by atoms with E-state index in [1.54, 1.807) is 23.9 Å². The van der Waals surface area contributed by atoms with Gasteiger partial charge in [0.15, 0.2) is 0 Å². The molecular formula is C14H20N4O2S. The smallest absolute Gasteiger partial charge is 0.242 e. The van der Waals surface area contributed by atoms with E-state index in [2.05, 4.69) is 9.82 Å². The Morgan fingerprint density at radius 3 is 2.62 bits per heavy atom. The van der Waals surface area contributed by atoms with Crippen LogP contribution in [0.1, 0.15) is 16.8 Å². The summed E-state index contributed by atoms with van der Waals surface area (Å²) in [6.45, 7) is 3.93. The highest BCUT2D eigenvalue weighted by atomic mass is 32.2. The Kier molecular flexibility index (Phi) is 4.34. The Labute approximate surface area is 125 Å². The van der Waals surface area contributed by atoms with E-state index in [9.17, 15) is 8.42 Å². The molecule has 21 heavy (non-hydrogen) atoms. The summed E-state index contributed by atoms with van der Waals surface area (Å²) < 4.78 is 29.2. The number of aryl methyl sites for hydroxylation is 2. The highest BCUT2D eigenvalue weighted by molar-refractivity contribution is 7.89. The molecule has 0 amide bonds. The maximum atomic E-state index is 12.4. The first-order chi connectivity index (χ1) is 9.83. The molecular weight excluding hydrogens is 288 g/mol. The van der Waals surface area contributed by atoms with Gasteiger partial charge in [-0.05, 0) is 37.1 Å². The second-order valence-corrected chi connectivity index (χ2v) is 6.72. The van der Waals surface area contributed by atoms with Gasteiger partial charge < -0.3 is 5.73 Å². The van der Waals surface area contributed by atoms with E-state index in [1.807, 2.05) is 26.1 Å². The third kappa shape index (κ3) is 3.25. The number of hydrogen-bond donors (Lipinski definition) is 2. The quantitative estimate of drug-likeness (QED) is 0.811. The number of hydrogen-bond acceptors (Lipinski definition) is 4. The molecule has 2 rings (SSSR count). The van der Waals surface area contributed by atoms with Crippen LogP contribution in [0.5, 0.6) is 0 Å². The Bertz CT molecular complexity index is 750. The summed E-state index contributed by atoms with van der Waals surface area (Å²) in [4.78, 5) is 0.174. The molecule has 0 atom stereocenters. The summed E-state index contributed by atoms with van der Waals surface area (Å²) in [5, 5.41) is 4.05. The van der Waals surface area contributed by atoms with Gasteiger partial charge in [0.05, 0.1) is 5.69 Å². The van der Waals surface area contributed by atoms with Crippen molar-refractivity contribution in [3.63, 3.8) is 0 Å². The second-order valence-electron chi connectivity index (χ2n) is 5.02. The van der Waals surface area contributed by atoms with Gasteiger partial charge in [0, 0.05) is 31.9 Å². The van der Waals surface area contributed by atoms with Crippen molar-refractivity contribution in [1.29, 1.82) is 0 Å². The maximum absolute atomic E-state index is 12.4. The SMILES string of the molecule is Cc1ccc(N)c(S(=O)(=O)NCCc2ccnn2C)c1C. The first-order valence-corrected chi connectivity index (χ1v) is 8.13. The molecule has 7 heteroatoms. The molecule has 2 aromatic rings. The van der Waals surface area contributed by atoms with Crippen LogP contribution in [0.2, 0.25) is 0 Å². The zero-order valence-corrected chi connectivity index (χ0v) is 13.2. The Morgan fingerprint density at radius 1 is 1.29 bits per heavy atom. The minimum Gasteiger partial charge on any atom is -0.398 e. The number of nitrogen functional groups attached to an aromatic ring is 1. The highest BCUT2D eigenvalue weighted by Crippen LogP contribution is 2.24. The van der Waals surface area contributed by atoms with Gasteiger partial charge >= 0.3 is 0 Å². The Hall–Kier alpha value is -1.86. The predicted octanol–water partition coefficient (Wildman–Crippen LogP) is 1.14.